The summed E-state index contributed by atoms with van der Waals surface area (Å²) in [7, 11) is 1.95. The first-order valence-electron chi connectivity index (χ1n) is 16.6. The number of hydrogen-bond acceptors (Lipinski definition) is 11. The highest BCUT2D eigenvalue weighted by Crippen LogP contribution is 2.39. The Kier molecular flexibility index (Phi) is 14.3. The number of cyclic esters (lactones) is 1. The van der Waals surface area contributed by atoms with Crippen LogP contribution < -0.4 is 5.73 Å². The Bertz CT molecular complexity index is 962. The highest BCUT2D eigenvalue weighted by molar-refractivity contribution is 5.75. The van der Waals surface area contributed by atoms with E-state index in [0.717, 1.165) is 0 Å². The first-order chi connectivity index (χ1) is 20.6. The fraction of sp³-hybridized carbons (Fsp3) is 0.939. The van der Waals surface area contributed by atoms with Crippen molar-refractivity contribution in [2.24, 2.45) is 29.4 Å². The molecular weight excluding hydrogens is 584 g/mol. The van der Waals surface area contributed by atoms with Crippen molar-refractivity contribution in [2.45, 2.75) is 161 Å². The summed E-state index contributed by atoms with van der Waals surface area (Å²) in [6, 6.07) is -0.0693. The number of hydrogen-bond donors (Lipinski definition) is 5. The van der Waals surface area contributed by atoms with E-state index in [2.05, 4.69) is 4.90 Å². The molecule has 45 heavy (non-hydrogen) atoms. The smallest absolute Gasteiger partial charge is 0.309 e. The maximum Gasteiger partial charge on any atom is 0.309 e. The van der Waals surface area contributed by atoms with Gasteiger partial charge in [0.05, 0.1) is 35.9 Å². The van der Waals surface area contributed by atoms with Crippen LogP contribution in [0.5, 0.6) is 0 Å². The molecule has 2 aliphatic rings. The van der Waals surface area contributed by atoms with E-state index in [1.54, 1.807) is 27.7 Å². The lowest BCUT2D eigenvalue weighted by Crippen LogP contribution is -2.60. The molecule has 14 atom stereocenters. The zero-order chi connectivity index (χ0) is 34.6. The van der Waals surface area contributed by atoms with Gasteiger partial charge in [0.2, 0.25) is 5.91 Å². The molecule has 12 heteroatoms. The second-order valence-corrected chi connectivity index (χ2v) is 14.7. The molecule has 0 spiro atoms. The van der Waals surface area contributed by atoms with Crippen molar-refractivity contribution >= 4 is 11.9 Å². The quantitative estimate of drug-likeness (QED) is 0.243. The van der Waals surface area contributed by atoms with Crippen LogP contribution in [-0.4, -0.2) is 117 Å². The minimum absolute atomic E-state index is 0.0916. The second kappa shape index (κ2) is 16.1. The van der Waals surface area contributed by atoms with Crippen LogP contribution >= 0.6 is 0 Å². The molecule has 0 aromatic heterocycles. The van der Waals surface area contributed by atoms with E-state index in [0.29, 0.717) is 6.42 Å². The van der Waals surface area contributed by atoms with Gasteiger partial charge in [-0.05, 0) is 79.2 Å². The Morgan fingerprint density at radius 2 is 1.69 bits per heavy atom. The van der Waals surface area contributed by atoms with Gasteiger partial charge in [0, 0.05) is 18.0 Å². The molecular formula is C33H62N2O10. The molecule has 0 aliphatic carbocycles. The van der Waals surface area contributed by atoms with E-state index in [-0.39, 0.29) is 37.5 Å². The number of nitrogens with two attached hydrogens (primary N) is 1. The standard InChI is InChI=1S/C33H62N2O10/c1-12-24-33(10,41)28(38)22(8)27(42-16-25(34)36)20(6)15-32(9,40)29(18(4)13-19(5)30(39)44-24)45-31-26(37)23(14-21(7)43-31)35(11)17(2)3/h17-24,26-29,31,37-38,40-41H,12-16H2,1-11H3,(H2,34,36)/t18-,19?,20+,21+,22-,23-,24+,26+,27-,28+,29+,31-,32+,33+/m0/s1. The normalized spacial score (nSPS) is 44.4. The number of primary amides is 1. The first kappa shape index (κ1) is 39.8. The Morgan fingerprint density at radius 3 is 2.22 bits per heavy atom. The summed E-state index contributed by atoms with van der Waals surface area (Å²) in [6.07, 6.45) is -5.25. The van der Waals surface area contributed by atoms with Gasteiger partial charge in [0.25, 0.3) is 0 Å². The second-order valence-electron chi connectivity index (χ2n) is 14.7. The molecule has 0 saturated carbocycles. The van der Waals surface area contributed by atoms with Crippen LogP contribution in [0.2, 0.25) is 0 Å². The zero-order valence-electron chi connectivity index (χ0n) is 29.3. The average molecular weight is 647 g/mol. The van der Waals surface area contributed by atoms with Crippen molar-refractivity contribution in [3.05, 3.63) is 0 Å². The fourth-order valence-corrected chi connectivity index (χ4v) is 7.42. The Morgan fingerprint density at radius 1 is 1.09 bits per heavy atom. The summed E-state index contributed by atoms with van der Waals surface area (Å²) in [4.78, 5) is 27.1. The zero-order valence-corrected chi connectivity index (χ0v) is 29.3. The SMILES string of the molecule is CC[C@H]1OC(=O)C(C)C[C@H](C)[C@@H](O[C@@H]2O[C@H](C)C[C@H](N(C)C(C)C)[C@H]2O)[C@](C)(O)C[C@@H](C)[C@H](OCC(N)=O)[C@H](C)[C@@H](O)[C@]1(C)O. The summed E-state index contributed by atoms with van der Waals surface area (Å²) in [5.41, 5.74) is 2.01. The number of nitrogens with zero attached hydrogens (tertiary/aromatic N) is 1. The fourth-order valence-electron chi connectivity index (χ4n) is 7.42. The minimum atomic E-state index is -1.84. The molecule has 1 amide bonds. The predicted molar refractivity (Wildman–Crippen MR) is 169 cm³/mol. The number of aliphatic hydroxyl groups excluding tert-OH is 2. The average Bonchev–Trinajstić information content (AvgIpc) is 2.93. The topological polar surface area (TPSA) is 181 Å². The molecule has 2 aliphatic heterocycles. The molecule has 2 heterocycles. The number of esters is 1. The molecule has 264 valence electrons. The molecule has 0 aromatic carbocycles. The predicted octanol–water partition coefficient (Wildman–Crippen LogP) is 1.97. The van der Waals surface area contributed by atoms with Crippen LogP contribution in [0.25, 0.3) is 0 Å². The third kappa shape index (κ3) is 9.82. The maximum atomic E-state index is 13.3. The minimum Gasteiger partial charge on any atom is -0.459 e. The number of likely N-dealkylation sites (N-methyl/N-ethyl adjacent to an activating group) is 1. The Labute approximate surface area is 269 Å². The maximum absolute atomic E-state index is 13.3. The van der Waals surface area contributed by atoms with Gasteiger partial charge in [-0.2, -0.15) is 0 Å². The van der Waals surface area contributed by atoms with Crippen molar-refractivity contribution in [3.8, 4) is 0 Å². The first-order valence-corrected chi connectivity index (χ1v) is 16.6. The number of rotatable bonds is 8. The molecule has 12 nitrogen and oxygen atoms in total. The molecule has 2 fully saturated rings. The highest BCUT2D eigenvalue weighted by atomic mass is 16.7. The lowest BCUT2D eigenvalue weighted by atomic mass is 9.74. The van der Waals surface area contributed by atoms with E-state index >= 15 is 0 Å². The molecule has 2 rings (SSSR count). The van der Waals surface area contributed by atoms with E-state index in [1.807, 2.05) is 41.7 Å². The number of carbonyl (C=O) groups is 2. The molecule has 2 saturated heterocycles. The molecule has 0 bridgehead atoms. The molecule has 0 aromatic rings. The van der Waals surface area contributed by atoms with Crippen LogP contribution in [0.3, 0.4) is 0 Å². The van der Waals surface area contributed by atoms with Crippen LogP contribution in [0.4, 0.5) is 0 Å². The van der Waals surface area contributed by atoms with Crippen LogP contribution in [0.15, 0.2) is 0 Å². The van der Waals surface area contributed by atoms with Crippen molar-refractivity contribution in [3.63, 3.8) is 0 Å². The van der Waals surface area contributed by atoms with E-state index < -0.39 is 90.2 Å². The van der Waals surface area contributed by atoms with Crippen LogP contribution in [-0.2, 0) is 28.5 Å². The van der Waals surface area contributed by atoms with Gasteiger partial charge in [-0.25, -0.2) is 0 Å². The van der Waals surface area contributed by atoms with Gasteiger partial charge in [-0.1, -0.05) is 34.6 Å². The lowest BCUT2D eigenvalue weighted by molar-refractivity contribution is -0.297. The van der Waals surface area contributed by atoms with Crippen molar-refractivity contribution in [1.29, 1.82) is 0 Å². The number of amides is 1. The van der Waals surface area contributed by atoms with Gasteiger partial charge in [0.1, 0.15) is 24.4 Å². The third-order valence-corrected chi connectivity index (χ3v) is 10.1. The number of carbonyl (C=O) groups excluding carboxylic acids is 2. The van der Waals surface area contributed by atoms with Gasteiger partial charge in [-0.3, -0.25) is 14.5 Å². The van der Waals surface area contributed by atoms with E-state index in [4.69, 9.17) is 24.7 Å². The van der Waals surface area contributed by atoms with Crippen LogP contribution in [0.1, 0.15) is 94.9 Å². The molecule has 1 unspecified atom stereocenters. The number of aliphatic hydroxyl groups is 4. The largest absolute Gasteiger partial charge is 0.459 e. The van der Waals surface area contributed by atoms with Gasteiger partial charge >= 0.3 is 5.97 Å². The van der Waals surface area contributed by atoms with E-state index in [1.165, 1.54) is 6.92 Å². The Hall–Kier alpha value is -1.38. The van der Waals surface area contributed by atoms with Crippen LogP contribution in [0, 0.1) is 23.7 Å². The highest BCUT2D eigenvalue weighted by Gasteiger charge is 2.50. The summed E-state index contributed by atoms with van der Waals surface area (Å²) < 4.78 is 24.4. The van der Waals surface area contributed by atoms with Crippen molar-refractivity contribution in [2.75, 3.05) is 13.7 Å². The monoisotopic (exact) mass is 646 g/mol. The summed E-state index contributed by atoms with van der Waals surface area (Å²) in [6.45, 7) is 17.5. The van der Waals surface area contributed by atoms with Crippen molar-refractivity contribution < 1.29 is 49.0 Å². The summed E-state index contributed by atoms with van der Waals surface area (Å²) >= 11 is 0. The van der Waals surface area contributed by atoms with Gasteiger partial charge in [-0.15, -0.1) is 0 Å². The Balaban J connectivity index is 2.57. The summed E-state index contributed by atoms with van der Waals surface area (Å²) in [5, 5.41) is 46.6. The molecule has 0 radical (unpaired) electrons. The lowest BCUT2D eigenvalue weighted by Gasteiger charge is -2.48. The van der Waals surface area contributed by atoms with E-state index in [9.17, 15) is 30.0 Å². The third-order valence-electron chi connectivity index (χ3n) is 10.1. The summed E-state index contributed by atoms with van der Waals surface area (Å²) in [5.74, 6) is -3.56. The van der Waals surface area contributed by atoms with Gasteiger partial charge < -0.3 is 45.1 Å². The molecule has 6 N–H and O–H groups in total. The van der Waals surface area contributed by atoms with Crippen molar-refractivity contribution in [1.82, 2.24) is 4.90 Å². The van der Waals surface area contributed by atoms with Gasteiger partial charge in [0.15, 0.2) is 6.29 Å². The number of ether oxygens (including phenoxy) is 4.